The van der Waals surface area contributed by atoms with Gasteiger partial charge in [0.2, 0.25) is 0 Å². The average Bonchev–Trinajstić information content (AvgIpc) is 2.81. The van der Waals surface area contributed by atoms with Crippen LogP contribution in [0.3, 0.4) is 0 Å². The van der Waals surface area contributed by atoms with Crippen molar-refractivity contribution in [2.75, 3.05) is 0 Å². The molecule has 0 N–H and O–H groups in total. The van der Waals surface area contributed by atoms with Crippen molar-refractivity contribution in [3.05, 3.63) is 49.2 Å². The molecule has 0 heterocycles. The number of carbonyl (C=O) groups excluding carboxylic acids is 2. The topological polar surface area (TPSA) is 80.3 Å². The first-order valence-electron chi connectivity index (χ1n) is 12.4. The maximum atomic E-state index is 10.5. The molecule has 0 aliphatic heterocycles. The molecule has 0 amide bonds. The Labute approximate surface area is 221 Å². The Kier molecular flexibility index (Phi) is 39.3. The Morgan fingerprint density at radius 2 is 1.15 bits per heavy atom. The smallest absolute Gasteiger partial charge is 0.550 e. The molecule has 1 aromatic rings. The number of aromatic carboxylic acids is 1. The zero-order valence-corrected chi connectivity index (χ0v) is 24.6. The Bertz CT molecular complexity index is 524. The molecule has 5 heteroatoms. The molecule has 188 valence electrons. The predicted octanol–water partition coefficient (Wildman–Crippen LogP) is 5.74. The van der Waals surface area contributed by atoms with Gasteiger partial charge in [-0.1, -0.05) is 136 Å². The van der Waals surface area contributed by atoms with E-state index in [9.17, 15) is 19.8 Å². The van der Waals surface area contributed by atoms with Gasteiger partial charge < -0.3 is 19.8 Å². The van der Waals surface area contributed by atoms with Crippen molar-refractivity contribution in [1.29, 1.82) is 0 Å². The second-order valence-electron chi connectivity index (χ2n) is 7.60. The molecular formula is C28H48O4Sn. The normalized spacial score (nSPS) is 9.03. The summed E-state index contributed by atoms with van der Waals surface area (Å²) in [6, 6.07) is 6.88. The zero-order chi connectivity index (χ0) is 25.0. The van der Waals surface area contributed by atoms with Gasteiger partial charge in [-0.15, -0.1) is 0 Å². The molecule has 1 aromatic carbocycles. The van der Waals surface area contributed by atoms with E-state index in [2.05, 4.69) is 34.6 Å². The van der Waals surface area contributed by atoms with E-state index in [4.69, 9.17) is 0 Å². The number of aryl methyl sites for hydroxylation is 1. The van der Waals surface area contributed by atoms with Crippen molar-refractivity contribution in [2.24, 2.45) is 0 Å². The molecule has 0 aromatic heterocycles. The zero-order valence-electron chi connectivity index (χ0n) is 21.8. The van der Waals surface area contributed by atoms with E-state index < -0.39 is 11.9 Å². The summed E-state index contributed by atoms with van der Waals surface area (Å²) in [6.45, 7) is 15.6. The van der Waals surface area contributed by atoms with Crippen LogP contribution in [0.5, 0.6) is 0 Å². The van der Waals surface area contributed by atoms with Gasteiger partial charge in [0.15, 0.2) is 0 Å². The van der Waals surface area contributed by atoms with Gasteiger partial charge in [0.1, 0.15) is 0 Å². The maximum Gasteiger partial charge on any atom is 2.00 e. The number of benzene rings is 1. The summed E-state index contributed by atoms with van der Waals surface area (Å²) in [5.41, 5.74) is 1.13. The largest absolute Gasteiger partial charge is 2.00 e. The van der Waals surface area contributed by atoms with Crippen LogP contribution in [0.4, 0.5) is 0 Å². The van der Waals surface area contributed by atoms with Gasteiger partial charge in [0.05, 0.1) is 5.97 Å². The van der Waals surface area contributed by atoms with E-state index in [1.54, 1.807) is 18.2 Å². The minimum absolute atomic E-state index is 0. The first-order valence-corrected chi connectivity index (χ1v) is 12.4. The van der Waals surface area contributed by atoms with Gasteiger partial charge in [-0.3, -0.25) is 0 Å². The van der Waals surface area contributed by atoms with Crippen molar-refractivity contribution in [3.8, 4) is 0 Å². The molecule has 0 saturated carbocycles. The van der Waals surface area contributed by atoms with Gasteiger partial charge in [-0.05, 0) is 24.8 Å². The predicted molar refractivity (Wildman–Crippen MR) is 139 cm³/mol. The fourth-order valence-electron chi connectivity index (χ4n) is 2.43. The fraction of sp³-hybridized carbons (Fsp3) is 0.643. The summed E-state index contributed by atoms with van der Waals surface area (Å²) < 4.78 is 0. The second kappa shape index (κ2) is 33.1. The number of carbonyl (C=O) groups is 2. The molecular weight excluding hydrogens is 519 g/mol. The van der Waals surface area contributed by atoms with Crippen LogP contribution >= 0.6 is 0 Å². The van der Waals surface area contributed by atoms with Crippen molar-refractivity contribution in [3.63, 3.8) is 0 Å². The third-order valence-corrected chi connectivity index (χ3v) is 4.56. The fourth-order valence-corrected chi connectivity index (χ4v) is 2.43. The number of hydrogen-bond donors (Lipinski definition) is 0. The number of carboxylic acid groups (broad SMARTS) is 2. The molecule has 0 atom stereocenters. The quantitative estimate of drug-likeness (QED) is 0.225. The summed E-state index contributed by atoms with van der Waals surface area (Å²) in [4.78, 5) is 20.5. The Morgan fingerprint density at radius 1 is 0.727 bits per heavy atom. The van der Waals surface area contributed by atoms with Crippen LogP contribution in [-0.4, -0.2) is 35.8 Å². The summed E-state index contributed by atoms with van der Waals surface area (Å²) in [7, 11) is 0. The first kappa shape index (κ1) is 39.2. The minimum Gasteiger partial charge on any atom is -0.550 e. The van der Waals surface area contributed by atoms with E-state index in [0.717, 1.165) is 37.7 Å². The molecule has 0 unspecified atom stereocenters. The van der Waals surface area contributed by atoms with Gasteiger partial charge >= 0.3 is 23.9 Å². The average molecular weight is 567 g/mol. The Hall–Kier alpha value is -1.04. The molecule has 4 radical (unpaired) electrons. The SMILES string of the molecule is CCCCCCCCCCC(=O)[O-].CCc1ccccc1C(=O)[O-].[CH2]CCC.[CH2]CCC.[Sn+2]. The van der Waals surface area contributed by atoms with Crippen LogP contribution in [0.1, 0.15) is 127 Å². The third kappa shape index (κ3) is 33.2. The number of hydrogen-bond acceptors (Lipinski definition) is 4. The summed E-state index contributed by atoms with van der Waals surface area (Å²) >= 11 is 0. The molecule has 33 heavy (non-hydrogen) atoms. The van der Waals surface area contributed by atoms with Crippen LogP contribution in [0.15, 0.2) is 24.3 Å². The molecule has 0 spiro atoms. The van der Waals surface area contributed by atoms with Gasteiger partial charge in [-0.25, -0.2) is 0 Å². The molecule has 1 rings (SSSR count). The number of carboxylic acids is 2. The van der Waals surface area contributed by atoms with Crippen LogP contribution < -0.4 is 10.2 Å². The summed E-state index contributed by atoms with van der Waals surface area (Å²) in [5.74, 6) is -2.01. The number of unbranched alkanes of at least 4 members (excludes halogenated alkanes) is 9. The molecule has 0 saturated heterocycles. The monoisotopic (exact) mass is 568 g/mol. The summed E-state index contributed by atoms with van der Waals surface area (Å²) in [5, 5.41) is 20.5. The third-order valence-electron chi connectivity index (χ3n) is 4.56. The molecule has 4 nitrogen and oxygen atoms in total. The Morgan fingerprint density at radius 3 is 1.48 bits per heavy atom. The van der Waals surface area contributed by atoms with Crippen molar-refractivity contribution in [1.82, 2.24) is 0 Å². The van der Waals surface area contributed by atoms with Crippen LogP contribution in [0, 0.1) is 13.8 Å². The second-order valence-corrected chi connectivity index (χ2v) is 7.60. The molecule has 0 fully saturated rings. The van der Waals surface area contributed by atoms with Gasteiger partial charge in [0.25, 0.3) is 0 Å². The number of aliphatic carboxylic acids is 1. The Balaban J connectivity index is -0.000000189. The van der Waals surface area contributed by atoms with Gasteiger partial charge in [0, 0.05) is 11.5 Å². The minimum atomic E-state index is -1.09. The van der Waals surface area contributed by atoms with Crippen LogP contribution in [-0.2, 0) is 11.2 Å². The van der Waals surface area contributed by atoms with Crippen LogP contribution in [0.25, 0.3) is 0 Å². The van der Waals surface area contributed by atoms with E-state index in [1.165, 1.54) is 51.4 Å². The summed E-state index contributed by atoms with van der Waals surface area (Å²) in [6.07, 6.45) is 15.0. The van der Waals surface area contributed by atoms with Gasteiger partial charge in [-0.2, -0.15) is 0 Å². The van der Waals surface area contributed by atoms with Crippen molar-refractivity contribution < 1.29 is 19.8 Å². The van der Waals surface area contributed by atoms with Crippen LogP contribution in [0.2, 0.25) is 0 Å². The van der Waals surface area contributed by atoms with E-state index in [-0.39, 0.29) is 30.3 Å². The maximum absolute atomic E-state index is 10.5. The van der Waals surface area contributed by atoms with Crippen molar-refractivity contribution in [2.45, 2.75) is 118 Å². The van der Waals surface area contributed by atoms with E-state index in [0.29, 0.717) is 5.56 Å². The van der Waals surface area contributed by atoms with E-state index >= 15 is 0 Å². The molecule has 0 bridgehead atoms. The molecule has 0 aliphatic carbocycles. The van der Waals surface area contributed by atoms with E-state index in [1.807, 2.05) is 13.0 Å². The van der Waals surface area contributed by atoms with Crippen molar-refractivity contribution >= 4 is 35.8 Å². The number of rotatable bonds is 13. The first-order chi connectivity index (χ1) is 15.4. The molecule has 0 aliphatic rings. The standard InChI is InChI=1S/C11H22O2.C9H10O2.2C4H9.Sn/c1-2-3-4-5-6-7-8-9-10-11(12)13;1-2-7-5-3-4-6-8(7)9(10)11;2*1-3-4-2;/h2-10H2,1H3,(H,12,13);3-6H,2H2,1H3,(H,10,11);2*1,3-4H2,2H3;/q;;;;+2/p-2.